The summed E-state index contributed by atoms with van der Waals surface area (Å²) in [6, 6.07) is 13.0. The first-order chi connectivity index (χ1) is 12.7. The molecule has 0 N–H and O–H groups in total. The molecule has 0 bridgehead atoms. The first kappa shape index (κ1) is 16.1. The van der Waals surface area contributed by atoms with Crippen LogP contribution in [0.25, 0.3) is 11.5 Å². The summed E-state index contributed by atoms with van der Waals surface area (Å²) < 4.78 is 33.7. The Morgan fingerprint density at radius 3 is 2.73 bits per heavy atom. The summed E-state index contributed by atoms with van der Waals surface area (Å²) in [5, 5.41) is 11.9. The predicted molar refractivity (Wildman–Crippen MR) is 88.0 cm³/mol. The Labute approximate surface area is 147 Å². The third-order valence-corrected chi connectivity index (χ3v) is 3.77. The molecule has 0 atom stereocenters. The van der Waals surface area contributed by atoms with Crippen molar-refractivity contribution in [1.82, 2.24) is 25.1 Å². The van der Waals surface area contributed by atoms with Crippen LogP contribution in [0.2, 0.25) is 0 Å². The molecule has 2 aromatic heterocycles. The van der Waals surface area contributed by atoms with Crippen molar-refractivity contribution in [3.05, 3.63) is 83.4 Å². The van der Waals surface area contributed by atoms with Crippen molar-refractivity contribution in [2.24, 2.45) is 0 Å². The molecule has 2 aromatic carbocycles. The maximum Gasteiger partial charge on any atom is 0.231 e. The highest BCUT2D eigenvalue weighted by molar-refractivity contribution is 5.45. The molecule has 4 rings (SSSR count). The van der Waals surface area contributed by atoms with Crippen molar-refractivity contribution in [2.75, 3.05) is 0 Å². The molecule has 6 nitrogen and oxygen atoms in total. The molecule has 4 aromatic rings. The molecule has 0 aliphatic carbocycles. The van der Waals surface area contributed by atoms with Crippen molar-refractivity contribution < 1.29 is 13.3 Å². The Bertz CT molecular complexity index is 1030. The van der Waals surface area contributed by atoms with Gasteiger partial charge in [0.25, 0.3) is 0 Å². The molecule has 0 saturated heterocycles. The number of halogens is 2. The number of benzene rings is 2. The minimum atomic E-state index is -0.528. The van der Waals surface area contributed by atoms with E-state index in [1.165, 1.54) is 0 Å². The molecule has 0 radical (unpaired) electrons. The highest BCUT2D eigenvalue weighted by Crippen LogP contribution is 2.17. The van der Waals surface area contributed by atoms with E-state index in [9.17, 15) is 8.78 Å². The third-order valence-electron chi connectivity index (χ3n) is 3.77. The summed E-state index contributed by atoms with van der Waals surface area (Å²) in [5.74, 6) is -0.636. The molecule has 0 aliphatic rings. The molecule has 0 saturated carbocycles. The number of aromatic nitrogens is 5. The van der Waals surface area contributed by atoms with E-state index in [0.29, 0.717) is 12.2 Å². The van der Waals surface area contributed by atoms with E-state index in [2.05, 4.69) is 20.5 Å². The molecule has 130 valence electrons. The maximum atomic E-state index is 13.7. The summed E-state index contributed by atoms with van der Waals surface area (Å²) in [6.45, 7) is 0.563. The Morgan fingerprint density at radius 2 is 1.88 bits per heavy atom. The summed E-state index contributed by atoms with van der Waals surface area (Å²) >= 11 is 0. The second kappa shape index (κ2) is 6.83. The average Bonchev–Trinajstić information content (AvgIpc) is 3.28. The Hall–Kier alpha value is -3.42. The van der Waals surface area contributed by atoms with Gasteiger partial charge in [0.1, 0.15) is 11.6 Å². The van der Waals surface area contributed by atoms with Crippen LogP contribution >= 0.6 is 0 Å². The van der Waals surface area contributed by atoms with E-state index in [0.717, 1.165) is 23.8 Å². The van der Waals surface area contributed by atoms with Gasteiger partial charge in [-0.15, -0.1) is 5.10 Å². The standard InChI is InChI=1S/C18H13F2N5O/c19-14-6-7-15(20)13(8-14)9-17-21-18(23-26-17)16-11-25(24-22-16)10-12-4-2-1-3-5-12/h1-8,11H,9-10H2. The Morgan fingerprint density at radius 1 is 1.04 bits per heavy atom. The minimum Gasteiger partial charge on any atom is -0.339 e. The van der Waals surface area contributed by atoms with Crippen LogP contribution in [-0.2, 0) is 13.0 Å². The number of hydrogen-bond donors (Lipinski definition) is 0. The van der Waals surface area contributed by atoms with Crippen molar-refractivity contribution in [2.45, 2.75) is 13.0 Å². The minimum absolute atomic E-state index is 0.00521. The maximum absolute atomic E-state index is 13.7. The molecule has 0 unspecified atom stereocenters. The van der Waals surface area contributed by atoms with Gasteiger partial charge in [0.2, 0.25) is 11.7 Å². The summed E-state index contributed by atoms with van der Waals surface area (Å²) in [4.78, 5) is 4.18. The lowest BCUT2D eigenvalue weighted by atomic mass is 10.1. The molecule has 0 aliphatic heterocycles. The molecule has 0 spiro atoms. The van der Waals surface area contributed by atoms with Gasteiger partial charge in [-0.2, -0.15) is 4.98 Å². The van der Waals surface area contributed by atoms with Gasteiger partial charge >= 0.3 is 0 Å². The number of rotatable bonds is 5. The largest absolute Gasteiger partial charge is 0.339 e. The molecule has 8 heteroatoms. The summed E-state index contributed by atoms with van der Waals surface area (Å²) in [6.07, 6.45) is 1.69. The number of hydrogen-bond acceptors (Lipinski definition) is 5. The van der Waals surface area contributed by atoms with Gasteiger partial charge in [-0.1, -0.05) is 40.7 Å². The molecule has 26 heavy (non-hydrogen) atoms. The Kier molecular flexibility index (Phi) is 4.22. The van der Waals surface area contributed by atoms with Gasteiger partial charge < -0.3 is 4.52 Å². The van der Waals surface area contributed by atoms with Crippen LogP contribution in [0.3, 0.4) is 0 Å². The summed E-state index contributed by atoms with van der Waals surface area (Å²) in [7, 11) is 0. The van der Waals surface area contributed by atoms with Crippen molar-refractivity contribution in [3.8, 4) is 11.5 Å². The first-order valence-electron chi connectivity index (χ1n) is 7.88. The molecular weight excluding hydrogens is 340 g/mol. The van der Waals surface area contributed by atoms with E-state index in [-0.39, 0.29) is 23.7 Å². The molecule has 0 amide bonds. The fraction of sp³-hybridized carbons (Fsp3) is 0.111. The van der Waals surface area contributed by atoms with Crippen molar-refractivity contribution in [3.63, 3.8) is 0 Å². The first-order valence-corrected chi connectivity index (χ1v) is 7.88. The van der Waals surface area contributed by atoms with E-state index in [1.807, 2.05) is 30.3 Å². The monoisotopic (exact) mass is 353 g/mol. The van der Waals surface area contributed by atoms with Crippen LogP contribution in [-0.4, -0.2) is 25.1 Å². The Balaban J connectivity index is 1.50. The fourth-order valence-electron chi connectivity index (χ4n) is 2.52. The highest BCUT2D eigenvalue weighted by atomic mass is 19.1. The second-order valence-electron chi connectivity index (χ2n) is 5.71. The zero-order chi connectivity index (χ0) is 17.9. The highest BCUT2D eigenvalue weighted by Gasteiger charge is 2.15. The molecule has 2 heterocycles. The predicted octanol–water partition coefficient (Wildman–Crippen LogP) is 3.25. The van der Waals surface area contributed by atoms with Gasteiger partial charge in [-0.3, -0.25) is 0 Å². The zero-order valence-corrected chi connectivity index (χ0v) is 13.5. The second-order valence-corrected chi connectivity index (χ2v) is 5.71. The van der Waals surface area contributed by atoms with Crippen molar-refractivity contribution >= 4 is 0 Å². The SMILES string of the molecule is Fc1ccc(F)c(Cc2nc(-c3cn(Cc4ccccc4)nn3)no2)c1. The van der Waals surface area contributed by atoms with Gasteiger partial charge in [0, 0.05) is 5.56 Å². The van der Waals surface area contributed by atoms with Gasteiger partial charge in [-0.05, 0) is 23.8 Å². The average molecular weight is 353 g/mol. The summed E-state index contributed by atoms with van der Waals surface area (Å²) in [5.41, 5.74) is 1.67. The van der Waals surface area contributed by atoms with Crippen LogP contribution in [0.4, 0.5) is 8.78 Å². The smallest absolute Gasteiger partial charge is 0.231 e. The van der Waals surface area contributed by atoms with E-state index < -0.39 is 11.6 Å². The third kappa shape index (κ3) is 3.49. The van der Waals surface area contributed by atoms with E-state index in [1.54, 1.807) is 10.9 Å². The van der Waals surface area contributed by atoms with Crippen LogP contribution in [0.5, 0.6) is 0 Å². The lowest BCUT2D eigenvalue weighted by Crippen LogP contribution is -1.99. The molecule has 0 fully saturated rings. The van der Waals surface area contributed by atoms with Gasteiger partial charge in [-0.25, -0.2) is 13.5 Å². The van der Waals surface area contributed by atoms with E-state index >= 15 is 0 Å². The fourth-order valence-corrected chi connectivity index (χ4v) is 2.52. The quantitative estimate of drug-likeness (QED) is 0.551. The van der Waals surface area contributed by atoms with Gasteiger partial charge in [0.05, 0.1) is 19.2 Å². The van der Waals surface area contributed by atoms with Gasteiger partial charge in [0.15, 0.2) is 5.69 Å². The van der Waals surface area contributed by atoms with E-state index in [4.69, 9.17) is 4.52 Å². The van der Waals surface area contributed by atoms with Crippen LogP contribution in [0, 0.1) is 11.6 Å². The molecular formula is C18H13F2N5O. The van der Waals surface area contributed by atoms with Crippen LogP contribution in [0.15, 0.2) is 59.3 Å². The lowest BCUT2D eigenvalue weighted by molar-refractivity contribution is 0.384. The number of nitrogens with zero attached hydrogens (tertiary/aromatic N) is 5. The zero-order valence-electron chi connectivity index (χ0n) is 13.5. The van der Waals surface area contributed by atoms with Crippen LogP contribution < -0.4 is 0 Å². The van der Waals surface area contributed by atoms with Crippen LogP contribution in [0.1, 0.15) is 17.0 Å². The van der Waals surface area contributed by atoms with Crippen molar-refractivity contribution in [1.29, 1.82) is 0 Å². The topological polar surface area (TPSA) is 69.6 Å². The normalized spacial score (nSPS) is 11.0. The lowest BCUT2D eigenvalue weighted by Gasteiger charge is -1.99.